The van der Waals surface area contributed by atoms with Crippen LogP contribution in [0.25, 0.3) is 0 Å². The molecule has 13 heavy (non-hydrogen) atoms. The number of nitrogens with one attached hydrogen (secondary N) is 2. The average molecular weight is 205 g/mol. The van der Waals surface area contributed by atoms with Gasteiger partial charge in [0, 0.05) is 6.54 Å². The second kappa shape index (κ2) is 5.91. The molecule has 0 aromatic rings. The van der Waals surface area contributed by atoms with Crippen molar-refractivity contribution in [1.29, 1.82) is 5.26 Å². The van der Waals surface area contributed by atoms with Crippen molar-refractivity contribution in [2.45, 2.75) is 32.7 Å². The van der Waals surface area contributed by atoms with E-state index in [0.717, 1.165) is 6.42 Å². The normalized spacial score (nSPS) is 13.6. The molecule has 0 aliphatic heterocycles. The van der Waals surface area contributed by atoms with Crippen molar-refractivity contribution in [2.24, 2.45) is 0 Å². The van der Waals surface area contributed by atoms with E-state index in [1.807, 2.05) is 13.0 Å². The summed E-state index contributed by atoms with van der Waals surface area (Å²) in [5, 5.41) is 8.58. The Morgan fingerprint density at radius 1 is 1.46 bits per heavy atom. The fourth-order valence-electron chi connectivity index (χ4n) is 0.857. The first-order valence-corrected chi connectivity index (χ1v) is 5.70. The Balaban J connectivity index is 4.16. The molecule has 2 N–H and O–H groups in total. The van der Waals surface area contributed by atoms with Crippen molar-refractivity contribution in [2.75, 3.05) is 6.54 Å². The van der Waals surface area contributed by atoms with Gasteiger partial charge in [-0.25, -0.2) is 4.72 Å². The summed E-state index contributed by atoms with van der Waals surface area (Å²) >= 11 is 0. The molecule has 0 fully saturated rings. The first kappa shape index (κ1) is 12.4. The number of nitriles is 1. The van der Waals surface area contributed by atoms with E-state index < -0.39 is 16.3 Å². The molecule has 76 valence electrons. The molecule has 6 heteroatoms. The molecule has 0 amide bonds. The number of rotatable bonds is 6. The SMILES string of the molecule is CCCC(C#N)NS(=O)(=O)NCC. The molecule has 0 spiro atoms. The van der Waals surface area contributed by atoms with Gasteiger partial charge in [-0.05, 0) is 6.42 Å². The molecule has 0 radical (unpaired) electrons. The van der Waals surface area contributed by atoms with Crippen LogP contribution >= 0.6 is 0 Å². The van der Waals surface area contributed by atoms with E-state index in [0.29, 0.717) is 13.0 Å². The van der Waals surface area contributed by atoms with Gasteiger partial charge < -0.3 is 0 Å². The van der Waals surface area contributed by atoms with Crippen molar-refractivity contribution in [1.82, 2.24) is 9.44 Å². The zero-order chi connectivity index (χ0) is 10.3. The van der Waals surface area contributed by atoms with Gasteiger partial charge in [0.15, 0.2) is 0 Å². The minimum Gasteiger partial charge on any atom is -0.203 e. The summed E-state index contributed by atoms with van der Waals surface area (Å²) in [6.07, 6.45) is 1.30. The molecule has 0 heterocycles. The van der Waals surface area contributed by atoms with Crippen LogP contribution in [0.4, 0.5) is 0 Å². The molecule has 1 unspecified atom stereocenters. The van der Waals surface area contributed by atoms with Crippen LogP contribution in [0.1, 0.15) is 26.7 Å². The number of hydrogen-bond donors (Lipinski definition) is 2. The molecular weight excluding hydrogens is 190 g/mol. The lowest BCUT2D eigenvalue weighted by atomic mass is 10.2. The first-order valence-electron chi connectivity index (χ1n) is 4.22. The monoisotopic (exact) mass is 205 g/mol. The highest BCUT2D eigenvalue weighted by Crippen LogP contribution is 1.95. The van der Waals surface area contributed by atoms with Crippen LogP contribution in [0.3, 0.4) is 0 Å². The van der Waals surface area contributed by atoms with E-state index in [-0.39, 0.29) is 0 Å². The van der Waals surface area contributed by atoms with Gasteiger partial charge in [0.2, 0.25) is 0 Å². The third-order valence-electron chi connectivity index (χ3n) is 1.36. The molecule has 5 nitrogen and oxygen atoms in total. The summed E-state index contributed by atoms with van der Waals surface area (Å²) in [5.41, 5.74) is 0. The third kappa shape index (κ3) is 5.58. The lowest BCUT2D eigenvalue weighted by molar-refractivity contribution is 0.551. The average Bonchev–Trinajstić information content (AvgIpc) is 2.03. The molecule has 0 aliphatic rings. The van der Waals surface area contributed by atoms with E-state index in [4.69, 9.17) is 5.26 Å². The summed E-state index contributed by atoms with van der Waals surface area (Å²) < 4.78 is 26.7. The van der Waals surface area contributed by atoms with Gasteiger partial charge in [0.1, 0.15) is 6.04 Å². The van der Waals surface area contributed by atoms with Crippen molar-refractivity contribution < 1.29 is 8.42 Å². The van der Waals surface area contributed by atoms with Crippen molar-refractivity contribution >= 4 is 10.2 Å². The van der Waals surface area contributed by atoms with Crippen LogP contribution in [0.2, 0.25) is 0 Å². The Morgan fingerprint density at radius 2 is 2.08 bits per heavy atom. The van der Waals surface area contributed by atoms with Gasteiger partial charge in [-0.2, -0.15) is 18.4 Å². The zero-order valence-electron chi connectivity index (χ0n) is 7.87. The van der Waals surface area contributed by atoms with Gasteiger partial charge in [-0.15, -0.1) is 0 Å². The van der Waals surface area contributed by atoms with Crippen LogP contribution in [0.5, 0.6) is 0 Å². The molecule has 0 bridgehead atoms. The molecule has 1 atom stereocenters. The maximum Gasteiger partial charge on any atom is 0.278 e. The van der Waals surface area contributed by atoms with Crippen LogP contribution in [-0.2, 0) is 10.2 Å². The maximum atomic E-state index is 11.1. The Kier molecular flexibility index (Phi) is 5.62. The van der Waals surface area contributed by atoms with E-state index in [1.54, 1.807) is 6.92 Å². The largest absolute Gasteiger partial charge is 0.278 e. The van der Waals surface area contributed by atoms with E-state index in [2.05, 4.69) is 9.44 Å². The predicted molar refractivity (Wildman–Crippen MR) is 50.0 cm³/mol. The van der Waals surface area contributed by atoms with E-state index >= 15 is 0 Å². The topological polar surface area (TPSA) is 82.0 Å². The van der Waals surface area contributed by atoms with Crippen molar-refractivity contribution in [3.8, 4) is 6.07 Å². The smallest absolute Gasteiger partial charge is 0.203 e. The Hall–Kier alpha value is -0.640. The number of hydrogen-bond acceptors (Lipinski definition) is 3. The highest BCUT2D eigenvalue weighted by atomic mass is 32.2. The summed E-state index contributed by atoms with van der Waals surface area (Å²) in [6.45, 7) is 3.89. The Labute approximate surface area is 79.3 Å². The second-order valence-electron chi connectivity index (χ2n) is 2.59. The number of nitrogens with zero attached hydrogens (tertiary/aromatic N) is 1. The van der Waals surface area contributed by atoms with E-state index in [9.17, 15) is 8.42 Å². The van der Waals surface area contributed by atoms with Gasteiger partial charge in [0.25, 0.3) is 10.2 Å². The summed E-state index contributed by atoms with van der Waals surface area (Å²) in [5.74, 6) is 0. The molecule has 0 aromatic heterocycles. The lowest BCUT2D eigenvalue weighted by Crippen LogP contribution is -2.41. The standard InChI is InChI=1S/C7H15N3O2S/c1-3-5-7(6-8)10-13(11,12)9-4-2/h7,9-10H,3-5H2,1-2H3. The molecule has 0 saturated heterocycles. The minimum absolute atomic E-state index is 0.319. The predicted octanol–water partition coefficient (Wildman–Crippen LogP) is 0.123. The minimum atomic E-state index is -3.49. The Bertz CT molecular complexity index is 268. The van der Waals surface area contributed by atoms with Crippen molar-refractivity contribution in [3.05, 3.63) is 0 Å². The fraction of sp³-hybridized carbons (Fsp3) is 0.857. The quantitative estimate of drug-likeness (QED) is 0.646. The Morgan fingerprint density at radius 3 is 2.46 bits per heavy atom. The van der Waals surface area contributed by atoms with Gasteiger partial charge in [0.05, 0.1) is 6.07 Å². The van der Waals surface area contributed by atoms with Gasteiger partial charge in [-0.3, -0.25) is 0 Å². The second-order valence-corrected chi connectivity index (χ2v) is 4.12. The summed E-state index contributed by atoms with van der Waals surface area (Å²) in [4.78, 5) is 0. The molecular formula is C7H15N3O2S. The molecule has 0 saturated carbocycles. The fourth-order valence-corrected chi connectivity index (χ4v) is 1.87. The third-order valence-corrected chi connectivity index (χ3v) is 2.63. The van der Waals surface area contributed by atoms with Crippen LogP contribution in [-0.4, -0.2) is 21.0 Å². The highest BCUT2D eigenvalue weighted by Gasteiger charge is 2.14. The molecule has 0 aromatic carbocycles. The molecule has 0 aliphatic carbocycles. The summed E-state index contributed by atoms with van der Waals surface area (Å²) in [6, 6.07) is 1.26. The van der Waals surface area contributed by atoms with Gasteiger partial charge >= 0.3 is 0 Å². The van der Waals surface area contributed by atoms with E-state index in [1.165, 1.54) is 0 Å². The van der Waals surface area contributed by atoms with Crippen LogP contribution < -0.4 is 9.44 Å². The molecule has 0 rings (SSSR count). The van der Waals surface area contributed by atoms with Crippen LogP contribution in [0.15, 0.2) is 0 Å². The zero-order valence-corrected chi connectivity index (χ0v) is 8.69. The lowest BCUT2D eigenvalue weighted by Gasteiger charge is -2.10. The maximum absolute atomic E-state index is 11.1. The highest BCUT2D eigenvalue weighted by molar-refractivity contribution is 7.87. The van der Waals surface area contributed by atoms with Crippen molar-refractivity contribution in [3.63, 3.8) is 0 Å². The first-order chi connectivity index (χ1) is 6.05. The van der Waals surface area contributed by atoms with Gasteiger partial charge in [-0.1, -0.05) is 20.3 Å². The van der Waals surface area contributed by atoms with Crippen LogP contribution in [0, 0.1) is 11.3 Å². The summed E-state index contributed by atoms with van der Waals surface area (Å²) in [7, 11) is -3.49.